The Morgan fingerprint density at radius 2 is 1.91 bits per heavy atom. The Morgan fingerprint density at radius 3 is 2.74 bits per heavy atom. The van der Waals surface area contributed by atoms with E-state index in [9.17, 15) is 0 Å². The zero-order chi connectivity index (χ0) is 23.9. The molecule has 0 spiro atoms. The van der Waals surface area contributed by atoms with Crippen molar-refractivity contribution in [2.75, 3.05) is 23.3 Å². The number of benzene rings is 1. The summed E-state index contributed by atoms with van der Waals surface area (Å²) >= 11 is 0. The number of hydrogen-bond acceptors (Lipinski definition) is 6. The summed E-state index contributed by atoms with van der Waals surface area (Å²) in [5.74, 6) is 1.03. The summed E-state index contributed by atoms with van der Waals surface area (Å²) in [6.07, 6.45) is 8.75. The minimum Gasteiger partial charge on any atom is -0.382 e. The van der Waals surface area contributed by atoms with E-state index < -0.39 is 0 Å². The second-order valence-electron chi connectivity index (χ2n) is 9.35. The molecule has 1 aliphatic heterocycles. The molecule has 178 valence electrons. The molecule has 6 rings (SSSR count). The van der Waals surface area contributed by atoms with Crippen molar-refractivity contribution in [1.29, 1.82) is 0 Å². The summed E-state index contributed by atoms with van der Waals surface area (Å²) in [6, 6.07) is 7.66. The van der Waals surface area contributed by atoms with Gasteiger partial charge >= 0.3 is 0 Å². The van der Waals surface area contributed by atoms with Crippen LogP contribution in [0, 0.1) is 5.82 Å². The van der Waals surface area contributed by atoms with Crippen molar-refractivity contribution in [2.24, 2.45) is 0 Å². The van der Waals surface area contributed by atoms with Gasteiger partial charge in [0.05, 0.1) is 22.1 Å². The van der Waals surface area contributed by atoms with E-state index in [1.165, 1.54) is 6.42 Å². The largest absolute Gasteiger partial charge is 0.382 e. The molecule has 5 heterocycles. The number of pyridine rings is 2. The van der Waals surface area contributed by atoms with E-state index in [0.29, 0.717) is 33.5 Å². The number of H-pyrrole nitrogens is 2. The second kappa shape index (κ2) is 8.65. The number of fused-ring (bicyclic) bond motifs is 2. The van der Waals surface area contributed by atoms with Gasteiger partial charge < -0.3 is 15.2 Å². The molecular weight excluding hydrogens is 443 g/mol. The van der Waals surface area contributed by atoms with Crippen LogP contribution >= 0.6 is 0 Å². The molecule has 3 N–H and O–H groups in total. The summed E-state index contributed by atoms with van der Waals surface area (Å²) < 4.78 is 16.0. The van der Waals surface area contributed by atoms with Gasteiger partial charge in [-0.05, 0) is 57.4 Å². The quantitative estimate of drug-likeness (QED) is 0.313. The third-order valence-corrected chi connectivity index (χ3v) is 6.43. The maximum Gasteiger partial charge on any atom is 0.159 e. The first-order chi connectivity index (χ1) is 17.1. The average Bonchev–Trinajstić information content (AvgIpc) is 3.49. The van der Waals surface area contributed by atoms with Crippen molar-refractivity contribution >= 4 is 33.4 Å². The Morgan fingerprint density at radius 1 is 1.06 bits per heavy atom. The smallest absolute Gasteiger partial charge is 0.159 e. The predicted molar refractivity (Wildman–Crippen MR) is 137 cm³/mol. The number of rotatable bonds is 5. The highest BCUT2D eigenvalue weighted by molar-refractivity contribution is 5.97. The Labute approximate surface area is 202 Å². The highest BCUT2D eigenvalue weighted by Crippen LogP contribution is 2.35. The van der Waals surface area contributed by atoms with Crippen LogP contribution in [0.25, 0.3) is 44.6 Å². The number of halogens is 1. The number of anilines is 2. The van der Waals surface area contributed by atoms with E-state index in [1.54, 1.807) is 24.7 Å². The minimum atomic E-state index is -0.357. The molecule has 0 saturated carbocycles. The van der Waals surface area contributed by atoms with E-state index in [0.717, 1.165) is 48.5 Å². The molecule has 1 saturated heterocycles. The highest BCUT2D eigenvalue weighted by atomic mass is 19.1. The third-order valence-electron chi connectivity index (χ3n) is 6.43. The summed E-state index contributed by atoms with van der Waals surface area (Å²) in [5, 5.41) is 11.1. The fourth-order valence-electron chi connectivity index (χ4n) is 4.84. The van der Waals surface area contributed by atoms with Crippen molar-refractivity contribution in [3.05, 3.63) is 48.7 Å². The lowest BCUT2D eigenvalue weighted by Gasteiger charge is -2.27. The lowest BCUT2D eigenvalue weighted by Crippen LogP contribution is -2.30. The number of aromatic amines is 2. The number of imidazole rings is 1. The van der Waals surface area contributed by atoms with E-state index >= 15 is 4.39 Å². The first-order valence-corrected chi connectivity index (χ1v) is 12.1. The van der Waals surface area contributed by atoms with E-state index in [4.69, 9.17) is 4.98 Å². The van der Waals surface area contributed by atoms with Gasteiger partial charge in [-0.25, -0.2) is 14.4 Å². The van der Waals surface area contributed by atoms with Gasteiger partial charge in [0.1, 0.15) is 17.0 Å². The highest BCUT2D eigenvalue weighted by Gasteiger charge is 2.22. The maximum absolute atomic E-state index is 16.0. The topological polar surface area (TPSA) is 98.4 Å². The molecule has 1 aliphatic rings. The molecule has 0 unspecified atom stereocenters. The molecule has 9 heteroatoms. The van der Waals surface area contributed by atoms with Crippen LogP contribution < -0.4 is 10.2 Å². The van der Waals surface area contributed by atoms with Crippen LogP contribution in [0.15, 0.2) is 42.9 Å². The molecule has 8 nitrogen and oxygen atoms in total. The van der Waals surface area contributed by atoms with Crippen molar-refractivity contribution in [2.45, 2.75) is 39.2 Å². The summed E-state index contributed by atoms with van der Waals surface area (Å²) in [7, 11) is 0. The Kier molecular flexibility index (Phi) is 5.32. The molecule has 0 radical (unpaired) electrons. The Balaban J connectivity index is 1.45. The van der Waals surface area contributed by atoms with Gasteiger partial charge in [0.15, 0.2) is 11.6 Å². The number of hydrogen-bond donors (Lipinski definition) is 3. The minimum absolute atomic E-state index is 0.247. The molecule has 0 bridgehead atoms. The second-order valence-corrected chi connectivity index (χ2v) is 9.35. The van der Waals surface area contributed by atoms with Crippen LogP contribution in [0.5, 0.6) is 0 Å². The first-order valence-electron chi connectivity index (χ1n) is 12.1. The summed E-state index contributed by atoms with van der Waals surface area (Å²) in [4.78, 5) is 19.4. The maximum atomic E-state index is 16.0. The van der Waals surface area contributed by atoms with Crippen molar-refractivity contribution in [3.8, 4) is 22.6 Å². The summed E-state index contributed by atoms with van der Waals surface area (Å²) in [5.41, 5.74) is 4.72. The lowest BCUT2D eigenvalue weighted by molar-refractivity contribution is 0.574. The molecular formula is C26H27FN8. The molecule has 0 amide bonds. The van der Waals surface area contributed by atoms with Crippen LogP contribution in [0.3, 0.4) is 0 Å². The zero-order valence-electron chi connectivity index (χ0n) is 19.8. The normalized spacial score (nSPS) is 14.3. The van der Waals surface area contributed by atoms with Gasteiger partial charge in [0.2, 0.25) is 0 Å². The summed E-state index contributed by atoms with van der Waals surface area (Å²) in [6.45, 7) is 6.04. The molecule has 1 aromatic carbocycles. The van der Waals surface area contributed by atoms with Gasteiger partial charge in [-0.3, -0.25) is 10.1 Å². The Bertz CT molecular complexity index is 1510. The predicted octanol–water partition coefficient (Wildman–Crippen LogP) is 5.51. The van der Waals surface area contributed by atoms with Crippen molar-refractivity contribution in [1.82, 2.24) is 30.1 Å². The van der Waals surface area contributed by atoms with Gasteiger partial charge in [-0.15, -0.1) is 0 Å². The SMILES string of the molecule is CC(C)Nc1cncc(-c2ccc3[nH]nc(-c4nc5c(N6CCCCC6)nccc5[nH]4)c3c2F)c1. The molecule has 35 heavy (non-hydrogen) atoms. The third kappa shape index (κ3) is 3.86. The standard InChI is InChI=1S/C26H27FN8/c1-15(2)30-17-12-16(13-28-14-17)18-6-7-19-21(22(18)27)24(34-33-19)25-31-20-8-9-29-26(23(20)32-25)35-10-4-3-5-11-35/h6-9,12-15,30H,3-5,10-11H2,1-2H3,(H,31,32)(H,33,34). The number of nitrogens with zero attached hydrogens (tertiary/aromatic N) is 5. The number of piperidine rings is 1. The van der Waals surface area contributed by atoms with Crippen LogP contribution in [-0.4, -0.2) is 49.3 Å². The monoisotopic (exact) mass is 470 g/mol. The van der Waals surface area contributed by atoms with E-state index in [2.05, 4.69) is 49.2 Å². The van der Waals surface area contributed by atoms with Gasteiger partial charge in [-0.2, -0.15) is 5.10 Å². The van der Waals surface area contributed by atoms with Crippen LogP contribution in [0.1, 0.15) is 33.1 Å². The number of nitrogens with one attached hydrogen (secondary N) is 3. The molecule has 5 aromatic rings. The van der Waals surface area contributed by atoms with Crippen LogP contribution in [0.4, 0.5) is 15.9 Å². The zero-order valence-corrected chi connectivity index (χ0v) is 19.8. The number of aromatic nitrogens is 6. The van der Waals surface area contributed by atoms with Gasteiger partial charge in [0.25, 0.3) is 0 Å². The van der Waals surface area contributed by atoms with Crippen molar-refractivity contribution in [3.63, 3.8) is 0 Å². The van der Waals surface area contributed by atoms with Gasteiger partial charge in [0, 0.05) is 48.8 Å². The van der Waals surface area contributed by atoms with Crippen LogP contribution in [-0.2, 0) is 0 Å². The molecule has 0 atom stereocenters. The Hall–Kier alpha value is -4.01. The van der Waals surface area contributed by atoms with Crippen molar-refractivity contribution < 1.29 is 4.39 Å². The molecule has 1 fully saturated rings. The van der Waals surface area contributed by atoms with Crippen LogP contribution in [0.2, 0.25) is 0 Å². The fourth-order valence-corrected chi connectivity index (χ4v) is 4.84. The fraction of sp³-hybridized carbons (Fsp3) is 0.308. The van der Waals surface area contributed by atoms with E-state index in [1.807, 2.05) is 18.2 Å². The first kappa shape index (κ1) is 21.5. The molecule has 4 aromatic heterocycles. The van der Waals surface area contributed by atoms with Gasteiger partial charge in [-0.1, -0.05) is 0 Å². The average molecular weight is 471 g/mol. The van der Waals surface area contributed by atoms with E-state index in [-0.39, 0.29) is 11.9 Å². The molecule has 0 aliphatic carbocycles. The lowest BCUT2D eigenvalue weighted by atomic mass is 10.0.